The number of benzene rings is 1. The van der Waals surface area contributed by atoms with Crippen LogP contribution < -0.4 is 10.6 Å². The molecule has 1 saturated heterocycles. The molecule has 3 N–H and O–H groups in total. The maximum atomic E-state index is 8.86. The number of ether oxygens (including phenoxy) is 1. The Kier molecular flexibility index (Phi) is 5.35. The van der Waals surface area contributed by atoms with E-state index in [4.69, 9.17) is 21.4 Å². The fraction of sp³-hybridized carbons (Fsp3) is 0.400. The number of hydrogen-bond acceptors (Lipinski definition) is 7. The normalized spacial score (nSPS) is 17.9. The zero-order valence-electron chi connectivity index (χ0n) is 12.5. The average molecular weight is 336 g/mol. The molecule has 1 fully saturated rings. The van der Waals surface area contributed by atoms with Gasteiger partial charge in [-0.3, -0.25) is 0 Å². The quantitative estimate of drug-likeness (QED) is 0.757. The third-order valence-electron chi connectivity index (χ3n) is 3.47. The van der Waals surface area contributed by atoms with Gasteiger partial charge in [0.1, 0.15) is 6.33 Å². The number of halogens is 1. The Labute approximate surface area is 139 Å². The third kappa shape index (κ3) is 4.14. The molecule has 2 heterocycles. The van der Waals surface area contributed by atoms with Crippen LogP contribution in [0.3, 0.4) is 0 Å². The monoisotopic (exact) mass is 335 g/mol. The molecule has 1 aromatic heterocycles. The topological polar surface area (TPSA) is 92.2 Å². The van der Waals surface area contributed by atoms with E-state index in [0.29, 0.717) is 29.9 Å². The Morgan fingerprint density at radius 2 is 2.26 bits per heavy atom. The number of anilines is 1. The van der Waals surface area contributed by atoms with Crippen LogP contribution in [-0.4, -0.2) is 53.0 Å². The van der Waals surface area contributed by atoms with E-state index in [1.807, 2.05) is 18.2 Å². The Morgan fingerprint density at radius 3 is 3.04 bits per heavy atom. The highest BCUT2D eigenvalue weighted by atomic mass is 35.5. The molecule has 1 atom stereocenters. The summed E-state index contributed by atoms with van der Waals surface area (Å²) in [6.45, 7) is 2.54. The Hall–Kier alpha value is -1.80. The first-order valence-corrected chi connectivity index (χ1v) is 7.80. The number of aliphatic hydroxyl groups excluding tert-OH is 1. The predicted molar refractivity (Wildman–Crippen MR) is 87.4 cm³/mol. The summed E-state index contributed by atoms with van der Waals surface area (Å²) in [4.78, 5) is 12.6. The molecule has 1 aliphatic rings. The maximum Gasteiger partial charge on any atom is 0.226 e. The second kappa shape index (κ2) is 7.65. The van der Waals surface area contributed by atoms with Gasteiger partial charge in [0, 0.05) is 23.7 Å². The fourth-order valence-corrected chi connectivity index (χ4v) is 2.65. The van der Waals surface area contributed by atoms with Gasteiger partial charge in [-0.25, -0.2) is 9.97 Å². The van der Waals surface area contributed by atoms with Crippen LogP contribution in [0.25, 0.3) is 11.4 Å². The van der Waals surface area contributed by atoms with Gasteiger partial charge in [-0.2, -0.15) is 4.98 Å². The molecule has 0 radical (unpaired) electrons. The molecule has 0 spiro atoms. The number of hydrogen-bond donors (Lipinski definition) is 3. The first-order valence-electron chi connectivity index (χ1n) is 7.42. The SMILES string of the molecule is OCCNc1ncnc(-c2cc(Cl)cc(C3COCCN3)c2)n1. The molecule has 23 heavy (non-hydrogen) atoms. The van der Waals surface area contributed by atoms with Gasteiger partial charge < -0.3 is 20.5 Å². The molecule has 0 aliphatic carbocycles. The van der Waals surface area contributed by atoms with E-state index >= 15 is 0 Å². The second-order valence-corrected chi connectivity index (χ2v) is 5.57. The maximum absolute atomic E-state index is 8.86. The molecule has 122 valence electrons. The van der Waals surface area contributed by atoms with Crippen LogP contribution >= 0.6 is 11.6 Å². The number of rotatable bonds is 5. The van der Waals surface area contributed by atoms with E-state index in [2.05, 4.69) is 25.6 Å². The molecular weight excluding hydrogens is 318 g/mol. The molecule has 1 aromatic carbocycles. The summed E-state index contributed by atoms with van der Waals surface area (Å²) in [6, 6.07) is 5.85. The molecule has 3 rings (SSSR count). The summed E-state index contributed by atoms with van der Waals surface area (Å²) >= 11 is 6.25. The number of nitrogens with one attached hydrogen (secondary N) is 2. The minimum Gasteiger partial charge on any atom is -0.395 e. The lowest BCUT2D eigenvalue weighted by molar-refractivity contribution is 0.0769. The standard InChI is InChI=1S/C15H18ClN5O2/c16-12-6-10(13-8-23-4-2-17-13)5-11(7-12)14-19-9-20-15(21-14)18-1-3-22/h5-7,9,13,17,22H,1-4,8H2,(H,18,19,20,21). The van der Waals surface area contributed by atoms with Crippen molar-refractivity contribution in [1.82, 2.24) is 20.3 Å². The summed E-state index contributed by atoms with van der Waals surface area (Å²) < 4.78 is 5.50. The minimum absolute atomic E-state index is 0.00960. The van der Waals surface area contributed by atoms with Gasteiger partial charge >= 0.3 is 0 Å². The van der Waals surface area contributed by atoms with Gasteiger partial charge in [0.25, 0.3) is 0 Å². The number of aliphatic hydroxyl groups is 1. The van der Waals surface area contributed by atoms with Crippen LogP contribution in [0.4, 0.5) is 5.95 Å². The van der Waals surface area contributed by atoms with Crippen LogP contribution in [0, 0.1) is 0 Å². The summed E-state index contributed by atoms with van der Waals surface area (Å²) in [5.74, 6) is 0.950. The third-order valence-corrected chi connectivity index (χ3v) is 3.69. The lowest BCUT2D eigenvalue weighted by Gasteiger charge is -2.24. The van der Waals surface area contributed by atoms with Crippen molar-refractivity contribution in [3.63, 3.8) is 0 Å². The van der Waals surface area contributed by atoms with Crippen molar-refractivity contribution >= 4 is 17.5 Å². The molecule has 8 heteroatoms. The zero-order valence-corrected chi connectivity index (χ0v) is 13.3. The molecular formula is C15H18ClN5O2. The molecule has 7 nitrogen and oxygen atoms in total. The van der Waals surface area contributed by atoms with Crippen LogP contribution in [0.5, 0.6) is 0 Å². The Bertz CT molecular complexity index is 664. The number of aromatic nitrogens is 3. The minimum atomic E-state index is 0.00960. The molecule has 0 saturated carbocycles. The van der Waals surface area contributed by atoms with E-state index in [1.54, 1.807) is 0 Å². The fourth-order valence-electron chi connectivity index (χ4n) is 2.41. The Morgan fingerprint density at radius 1 is 1.35 bits per heavy atom. The molecule has 2 aromatic rings. The number of nitrogens with zero attached hydrogens (tertiary/aromatic N) is 3. The van der Waals surface area contributed by atoms with Crippen molar-refractivity contribution in [3.05, 3.63) is 35.1 Å². The van der Waals surface area contributed by atoms with Crippen molar-refractivity contribution in [3.8, 4) is 11.4 Å². The smallest absolute Gasteiger partial charge is 0.226 e. The van der Waals surface area contributed by atoms with Crippen molar-refractivity contribution in [1.29, 1.82) is 0 Å². The van der Waals surface area contributed by atoms with E-state index in [9.17, 15) is 0 Å². The van der Waals surface area contributed by atoms with Gasteiger partial charge in [-0.05, 0) is 23.8 Å². The highest BCUT2D eigenvalue weighted by molar-refractivity contribution is 6.30. The van der Waals surface area contributed by atoms with E-state index < -0.39 is 0 Å². The van der Waals surface area contributed by atoms with E-state index in [1.165, 1.54) is 6.33 Å². The van der Waals surface area contributed by atoms with Crippen LogP contribution in [0.15, 0.2) is 24.5 Å². The van der Waals surface area contributed by atoms with Crippen molar-refractivity contribution in [2.45, 2.75) is 6.04 Å². The lowest BCUT2D eigenvalue weighted by Crippen LogP contribution is -2.34. The average Bonchev–Trinajstić information content (AvgIpc) is 2.60. The predicted octanol–water partition coefficient (Wildman–Crippen LogP) is 1.26. The van der Waals surface area contributed by atoms with Gasteiger partial charge in [0.2, 0.25) is 5.95 Å². The molecule has 0 bridgehead atoms. The van der Waals surface area contributed by atoms with Crippen LogP contribution in [0.2, 0.25) is 5.02 Å². The molecule has 1 unspecified atom stereocenters. The lowest BCUT2D eigenvalue weighted by atomic mass is 10.0. The van der Waals surface area contributed by atoms with Gasteiger partial charge in [-0.1, -0.05) is 11.6 Å². The first-order chi connectivity index (χ1) is 11.3. The second-order valence-electron chi connectivity index (χ2n) is 5.14. The largest absolute Gasteiger partial charge is 0.395 e. The van der Waals surface area contributed by atoms with Gasteiger partial charge in [0.15, 0.2) is 5.82 Å². The summed E-state index contributed by atoms with van der Waals surface area (Å²) in [5.41, 5.74) is 1.85. The highest BCUT2D eigenvalue weighted by Gasteiger charge is 2.17. The van der Waals surface area contributed by atoms with Crippen LogP contribution in [0.1, 0.15) is 11.6 Å². The Balaban J connectivity index is 1.88. The van der Waals surface area contributed by atoms with E-state index in [-0.39, 0.29) is 12.6 Å². The zero-order chi connectivity index (χ0) is 16.1. The van der Waals surface area contributed by atoms with Crippen molar-refractivity contribution in [2.75, 3.05) is 38.2 Å². The highest BCUT2D eigenvalue weighted by Crippen LogP contribution is 2.26. The van der Waals surface area contributed by atoms with Gasteiger partial charge in [-0.15, -0.1) is 0 Å². The summed E-state index contributed by atoms with van der Waals surface area (Å²) in [5, 5.41) is 15.8. The molecule has 1 aliphatic heterocycles. The van der Waals surface area contributed by atoms with Crippen molar-refractivity contribution in [2.24, 2.45) is 0 Å². The molecule has 0 amide bonds. The summed E-state index contributed by atoms with van der Waals surface area (Å²) in [6.07, 6.45) is 1.44. The number of morpholine rings is 1. The first kappa shape index (κ1) is 16.1. The summed E-state index contributed by atoms with van der Waals surface area (Å²) in [7, 11) is 0. The van der Waals surface area contributed by atoms with E-state index in [0.717, 1.165) is 24.3 Å². The van der Waals surface area contributed by atoms with Gasteiger partial charge in [0.05, 0.1) is 25.9 Å². The van der Waals surface area contributed by atoms with Crippen molar-refractivity contribution < 1.29 is 9.84 Å². The van der Waals surface area contributed by atoms with Crippen LogP contribution in [-0.2, 0) is 4.74 Å².